The van der Waals surface area contributed by atoms with Crippen LogP contribution in [0, 0.1) is 11.3 Å². The molecular formula is C17H14ClNO. The van der Waals surface area contributed by atoms with Crippen molar-refractivity contribution in [3.63, 3.8) is 0 Å². The van der Waals surface area contributed by atoms with Crippen molar-refractivity contribution >= 4 is 16.8 Å². The van der Waals surface area contributed by atoms with E-state index in [0.717, 1.165) is 11.1 Å². The fourth-order valence-electron chi connectivity index (χ4n) is 2.37. The van der Waals surface area contributed by atoms with Gasteiger partial charge in [-0.25, -0.2) is 0 Å². The van der Waals surface area contributed by atoms with Crippen LogP contribution in [0.5, 0.6) is 0 Å². The normalized spacial score (nSPS) is 10.8. The van der Waals surface area contributed by atoms with E-state index in [4.69, 9.17) is 11.6 Å². The molecule has 2 rings (SSSR count). The quantitative estimate of drug-likeness (QED) is 0.777. The lowest BCUT2D eigenvalue weighted by molar-refractivity contribution is -0.111. The van der Waals surface area contributed by atoms with E-state index >= 15 is 0 Å². The van der Waals surface area contributed by atoms with Gasteiger partial charge in [-0.3, -0.25) is 4.79 Å². The molecule has 0 saturated heterocycles. The molecule has 0 aliphatic heterocycles. The van der Waals surface area contributed by atoms with Crippen molar-refractivity contribution in [2.24, 2.45) is 0 Å². The molecule has 0 aliphatic carbocycles. The maximum Gasteiger partial charge on any atom is 0.221 e. The molecular weight excluding hydrogens is 270 g/mol. The van der Waals surface area contributed by atoms with Gasteiger partial charge in [0.1, 0.15) is 5.41 Å². The summed E-state index contributed by atoms with van der Waals surface area (Å²) in [6, 6.07) is 21.4. The molecule has 0 aliphatic rings. The van der Waals surface area contributed by atoms with Crippen molar-refractivity contribution in [1.29, 1.82) is 5.26 Å². The summed E-state index contributed by atoms with van der Waals surface area (Å²) < 4.78 is 0. The molecule has 0 atom stereocenters. The van der Waals surface area contributed by atoms with Gasteiger partial charge in [0.2, 0.25) is 5.24 Å². The lowest BCUT2D eigenvalue weighted by atomic mass is 9.72. The Morgan fingerprint density at radius 3 is 1.80 bits per heavy atom. The van der Waals surface area contributed by atoms with E-state index in [9.17, 15) is 10.1 Å². The average molecular weight is 284 g/mol. The molecule has 0 aromatic heterocycles. The van der Waals surface area contributed by atoms with Crippen LogP contribution in [0.3, 0.4) is 0 Å². The number of nitrogens with zero attached hydrogens (tertiary/aromatic N) is 1. The number of hydrogen-bond donors (Lipinski definition) is 0. The molecule has 0 fully saturated rings. The van der Waals surface area contributed by atoms with Gasteiger partial charge in [0.15, 0.2) is 0 Å². The van der Waals surface area contributed by atoms with Crippen LogP contribution in [0.4, 0.5) is 0 Å². The lowest BCUT2D eigenvalue weighted by Gasteiger charge is -2.27. The van der Waals surface area contributed by atoms with Gasteiger partial charge < -0.3 is 0 Å². The molecule has 0 heterocycles. The lowest BCUT2D eigenvalue weighted by Crippen LogP contribution is -2.26. The minimum Gasteiger partial charge on any atom is -0.281 e. The van der Waals surface area contributed by atoms with Crippen molar-refractivity contribution in [2.45, 2.75) is 18.3 Å². The van der Waals surface area contributed by atoms with E-state index in [-0.39, 0.29) is 6.42 Å². The highest BCUT2D eigenvalue weighted by Gasteiger charge is 2.34. The zero-order valence-corrected chi connectivity index (χ0v) is 11.7. The van der Waals surface area contributed by atoms with Crippen LogP contribution in [-0.4, -0.2) is 5.24 Å². The van der Waals surface area contributed by atoms with Crippen molar-refractivity contribution in [3.05, 3.63) is 71.8 Å². The second kappa shape index (κ2) is 6.36. The summed E-state index contributed by atoms with van der Waals surface area (Å²) in [4.78, 5) is 11.1. The molecule has 0 bridgehead atoms. The molecule has 0 saturated carbocycles. The molecule has 0 N–H and O–H groups in total. The molecule has 0 amide bonds. The van der Waals surface area contributed by atoms with Crippen LogP contribution in [-0.2, 0) is 10.2 Å². The second-order valence-electron chi connectivity index (χ2n) is 4.60. The number of halogens is 1. The summed E-state index contributed by atoms with van der Waals surface area (Å²) in [6.07, 6.45) is 0.540. The maximum atomic E-state index is 11.1. The summed E-state index contributed by atoms with van der Waals surface area (Å²) in [6.45, 7) is 0. The van der Waals surface area contributed by atoms with Gasteiger partial charge in [-0.15, -0.1) is 0 Å². The van der Waals surface area contributed by atoms with Gasteiger partial charge in [-0.2, -0.15) is 5.26 Å². The van der Waals surface area contributed by atoms with Gasteiger partial charge in [0, 0.05) is 6.42 Å². The monoisotopic (exact) mass is 283 g/mol. The van der Waals surface area contributed by atoms with Crippen LogP contribution >= 0.6 is 11.6 Å². The topological polar surface area (TPSA) is 40.9 Å². The zero-order valence-electron chi connectivity index (χ0n) is 10.9. The van der Waals surface area contributed by atoms with E-state index in [1.165, 1.54) is 0 Å². The van der Waals surface area contributed by atoms with Crippen molar-refractivity contribution < 1.29 is 4.79 Å². The minimum absolute atomic E-state index is 0.166. The minimum atomic E-state index is -0.840. The predicted molar refractivity (Wildman–Crippen MR) is 79.4 cm³/mol. The summed E-state index contributed by atoms with van der Waals surface area (Å²) in [5.41, 5.74) is 0.922. The fourth-order valence-corrected chi connectivity index (χ4v) is 2.47. The van der Waals surface area contributed by atoms with Crippen molar-refractivity contribution in [2.75, 3.05) is 0 Å². The highest BCUT2D eigenvalue weighted by Crippen LogP contribution is 2.36. The van der Waals surface area contributed by atoms with Crippen LogP contribution in [0.1, 0.15) is 24.0 Å². The number of nitriles is 1. The van der Waals surface area contributed by atoms with E-state index < -0.39 is 10.7 Å². The molecule has 0 unspecified atom stereocenters. The first-order valence-electron chi connectivity index (χ1n) is 6.40. The number of rotatable bonds is 5. The number of hydrogen-bond acceptors (Lipinski definition) is 2. The Morgan fingerprint density at radius 2 is 1.45 bits per heavy atom. The molecule has 3 heteroatoms. The molecule has 2 nitrogen and oxygen atoms in total. The van der Waals surface area contributed by atoms with Crippen molar-refractivity contribution in [3.8, 4) is 6.07 Å². The zero-order chi connectivity index (χ0) is 14.4. The summed E-state index contributed by atoms with van der Waals surface area (Å²) in [5.74, 6) is 0. The largest absolute Gasteiger partial charge is 0.281 e. The van der Waals surface area contributed by atoms with E-state index in [1.54, 1.807) is 0 Å². The smallest absolute Gasteiger partial charge is 0.221 e. The van der Waals surface area contributed by atoms with Crippen LogP contribution in [0.25, 0.3) is 0 Å². The van der Waals surface area contributed by atoms with E-state index in [1.807, 2.05) is 60.7 Å². The highest BCUT2D eigenvalue weighted by molar-refractivity contribution is 6.63. The Morgan fingerprint density at radius 1 is 1.00 bits per heavy atom. The Bertz CT molecular complexity index is 577. The molecule has 20 heavy (non-hydrogen) atoms. The standard InChI is InChI=1S/C17H14ClNO/c18-16(20)11-12-17(13-19,14-7-3-1-4-8-14)15-9-5-2-6-10-15/h1-10H,11-12H2. The predicted octanol–water partition coefficient (Wildman–Crippen LogP) is 4.04. The van der Waals surface area contributed by atoms with E-state index in [0.29, 0.717) is 6.42 Å². The first kappa shape index (κ1) is 14.3. The third-order valence-electron chi connectivity index (χ3n) is 3.42. The van der Waals surface area contributed by atoms with Gasteiger partial charge in [0.25, 0.3) is 0 Å². The third-order valence-corrected chi connectivity index (χ3v) is 3.61. The number of benzene rings is 2. The SMILES string of the molecule is N#CC(CCC(=O)Cl)(c1ccccc1)c1ccccc1. The summed E-state index contributed by atoms with van der Waals surface area (Å²) in [5, 5.41) is 9.37. The van der Waals surface area contributed by atoms with Gasteiger partial charge >= 0.3 is 0 Å². The Balaban J connectivity index is 2.53. The molecule has 0 radical (unpaired) electrons. The second-order valence-corrected chi connectivity index (χ2v) is 5.03. The van der Waals surface area contributed by atoms with Crippen molar-refractivity contribution in [1.82, 2.24) is 0 Å². The van der Waals surface area contributed by atoms with Crippen LogP contribution in [0.15, 0.2) is 60.7 Å². The Labute approximate surface area is 123 Å². The fraction of sp³-hybridized carbons (Fsp3) is 0.176. The maximum absolute atomic E-state index is 11.1. The van der Waals surface area contributed by atoms with Gasteiger partial charge in [-0.05, 0) is 29.1 Å². The number of carbonyl (C=O) groups is 1. The summed E-state index contributed by atoms with van der Waals surface area (Å²) in [7, 11) is 0. The van der Waals surface area contributed by atoms with Gasteiger partial charge in [0.05, 0.1) is 6.07 Å². The molecule has 0 spiro atoms. The van der Waals surface area contributed by atoms with E-state index in [2.05, 4.69) is 6.07 Å². The van der Waals surface area contributed by atoms with Gasteiger partial charge in [-0.1, -0.05) is 60.7 Å². The first-order chi connectivity index (χ1) is 9.69. The molecule has 2 aromatic rings. The highest BCUT2D eigenvalue weighted by atomic mass is 35.5. The molecule has 2 aromatic carbocycles. The van der Waals surface area contributed by atoms with Crippen LogP contribution < -0.4 is 0 Å². The average Bonchev–Trinajstić information content (AvgIpc) is 2.50. The molecule has 100 valence electrons. The first-order valence-corrected chi connectivity index (χ1v) is 6.77. The summed E-state index contributed by atoms with van der Waals surface area (Å²) >= 11 is 5.47. The van der Waals surface area contributed by atoms with Crippen LogP contribution in [0.2, 0.25) is 0 Å². The number of carbonyl (C=O) groups excluding carboxylic acids is 1. The Kier molecular flexibility index (Phi) is 4.55. The third kappa shape index (κ3) is 2.89. The Hall–Kier alpha value is -2.11.